The summed E-state index contributed by atoms with van der Waals surface area (Å²) in [5, 5.41) is 0.808. The second-order valence-corrected chi connectivity index (χ2v) is 4.44. The molecule has 1 aromatic carbocycles. The molecule has 0 saturated carbocycles. The zero-order chi connectivity index (χ0) is 10.1. The van der Waals surface area contributed by atoms with Gasteiger partial charge in [0.15, 0.2) is 5.13 Å². The minimum atomic E-state index is -0.150. The summed E-state index contributed by atoms with van der Waals surface area (Å²) in [6.07, 6.45) is 0.978. The van der Waals surface area contributed by atoms with E-state index in [-0.39, 0.29) is 11.0 Å². The molecular formula is C11H10ClFS. The third-order valence-corrected chi connectivity index (χ3v) is 3.60. The van der Waals surface area contributed by atoms with Gasteiger partial charge < -0.3 is 0 Å². The zero-order valence-electron chi connectivity index (χ0n) is 7.81. The van der Waals surface area contributed by atoms with E-state index in [2.05, 4.69) is 6.92 Å². The van der Waals surface area contributed by atoms with E-state index in [1.165, 1.54) is 16.9 Å². The van der Waals surface area contributed by atoms with Gasteiger partial charge in [0, 0.05) is 10.3 Å². The molecule has 0 aliphatic carbocycles. The van der Waals surface area contributed by atoms with Crippen molar-refractivity contribution in [1.82, 2.24) is 0 Å². The van der Waals surface area contributed by atoms with Gasteiger partial charge in [0.1, 0.15) is 0 Å². The number of fused-ring (bicyclic) bond motifs is 1. The Morgan fingerprint density at radius 3 is 2.86 bits per heavy atom. The van der Waals surface area contributed by atoms with E-state index in [0.29, 0.717) is 5.56 Å². The lowest BCUT2D eigenvalue weighted by molar-refractivity contribution is 0.648. The largest absolute Gasteiger partial charge is 0.195 e. The van der Waals surface area contributed by atoms with Gasteiger partial charge in [0.25, 0.3) is 0 Å². The molecule has 0 saturated heterocycles. The Kier molecular flexibility index (Phi) is 2.75. The molecule has 0 aliphatic heterocycles. The number of benzene rings is 1. The molecule has 0 unspecified atom stereocenters. The van der Waals surface area contributed by atoms with Crippen LogP contribution in [-0.2, 0) is 12.3 Å². The Morgan fingerprint density at radius 1 is 1.43 bits per heavy atom. The molecule has 0 bridgehead atoms. The molecule has 0 fully saturated rings. The van der Waals surface area contributed by atoms with Crippen LogP contribution in [0.1, 0.15) is 18.1 Å². The lowest BCUT2D eigenvalue weighted by atomic mass is 10.1. The van der Waals surface area contributed by atoms with Gasteiger partial charge in [-0.2, -0.15) is 4.39 Å². The van der Waals surface area contributed by atoms with E-state index in [1.54, 1.807) is 0 Å². The van der Waals surface area contributed by atoms with E-state index >= 15 is 0 Å². The van der Waals surface area contributed by atoms with Crippen LogP contribution in [0.2, 0.25) is 0 Å². The van der Waals surface area contributed by atoms with Crippen LogP contribution in [0.3, 0.4) is 0 Å². The molecule has 74 valence electrons. The fourth-order valence-electron chi connectivity index (χ4n) is 1.51. The SMILES string of the molecule is CCc1ccc2c(CCl)c(F)sc2c1. The molecule has 3 heteroatoms. The van der Waals surface area contributed by atoms with Crippen LogP contribution in [0.15, 0.2) is 18.2 Å². The average molecular weight is 229 g/mol. The first-order valence-corrected chi connectivity index (χ1v) is 5.87. The fourth-order valence-corrected chi connectivity index (χ4v) is 2.86. The number of rotatable bonds is 2. The van der Waals surface area contributed by atoms with E-state index < -0.39 is 0 Å². The van der Waals surface area contributed by atoms with Gasteiger partial charge in [-0.05, 0) is 23.4 Å². The zero-order valence-corrected chi connectivity index (χ0v) is 9.38. The molecule has 0 aliphatic rings. The first-order chi connectivity index (χ1) is 6.76. The quantitative estimate of drug-likeness (QED) is 0.671. The second-order valence-electron chi connectivity index (χ2n) is 3.17. The Morgan fingerprint density at radius 2 is 2.21 bits per heavy atom. The van der Waals surface area contributed by atoms with Gasteiger partial charge in [-0.3, -0.25) is 0 Å². The Hall–Kier alpha value is -0.600. The number of alkyl halides is 1. The van der Waals surface area contributed by atoms with Gasteiger partial charge in [0.05, 0.1) is 5.88 Å². The van der Waals surface area contributed by atoms with Gasteiger partial charge in [-0.25, -0.2) is 0 Å². The Balaban J connectivity index is 2.68. The molecule has 2 aromatic rings. The van der Waals surface area contributed by atoms with Crippen LogP contribution in [0.5, 0.6) is 0 Å². The maximum absolute atomic E-state index is 13.4. The third-order valence-electron chi connectivity index (χ3n) is 2.35. The topological polar surface area (TPSA) is 0 Å². The highest BCUT2D eigenvalue weighted by Gasteiger charge is 2.10. The number of halogens is 2. The van der Waals surface area contributed by atoms with Crippen molar-refractivity contribution in [2.45, 2.75) is 19.2 Å². The molecule has 0 atom stereocenters. The van der Waals surface area contributed by atoms with E-state index in [9.17, 15) is 4.39 Å². The maximum atomic E-state index is 13.4. The number of hydrogen-bond donors (Lipinski definition) is 0. The highest BCUT2D eigenvalue weighted by Crippen LogP contribution is 2.31. The molecule has 0 nitrogen and oxygen atoms in total. The first-order valence-electron chi connectivity index (χ1n) is 4.52. The average Bonchev–Trinajstić information content (AvgIpc) is 2.51. The molecule has 0 N–H and O–H groups in total. The van der Waals surface area contributed by atoms with Crippen molar-refractivity contribution < 1.29 is 4.39 Å². The monoisotopic (exact) mass is 228 g/mol. The molecule has 0 radical (unpaired) electrons. The lowest BCUT2D eigenvalue weighted by Crippen LogP contribution is -1.80. The highest BCUT2D eigenvalue weighted by atomic mass is 35.5. The van der Waals surface area contributed by atoms with Gasteiger partial charge in [0.2, 0.25) is 0 Å². The summed E-state index contributed by atoms with van der Waals surface area (Å²) in [5.41, 5.74) is 1.87. The normalized spacial score (nSPS) is 11.1. The van der Waals surface area contributed by atoms with E-state index in [4.69, 9.17) is 11.6 Å². The van der Waals surface area contributed by atoms with Crippen LogP contribution in [0.4, 0.5) is 4.39 Å². The number of aryl methyl sites for hydroxylation is 1. The van der Waals surface area contributed by atoms with Crippen molar-refractivity contribution in [2.24, 2.45) is 0 Å². The van der Waals surface area contributed by atoms with Crippen LogP contribution in [-0.4, -0.2) is 0 Å². The van der Waals surface area contributed by atoms with E-state index in [0.717, 1.165) is 16.5 Å². The summed E-state index contributed by atoms with van der Waals surface area (Å²) in [6, 6.07) is 6.04. The minimum Gasteiger partial charge on any atom is -0.195 e. The van der Waals surface area contributed by atoms with Crippen molar-refractivity contribution in [3.8, 4) is 0 Å². The van der Waals surface area contributed by atoms with E-state index in [1.807, 2.05) is 18.2 Å². The summed E-state index contributed by atoms with van der Waals surface area (Å²) < 4.78 is 14.4. The van der Waals surface area contributed by atoms with Crippen molar-refractivity contribution in [3.05, 3.63) is 34.5 Å². The van der Waals surface area contributed by atoms with Crippen LogP contribution < -0.4 is 0 Å². The first kappa shape index (κ1) is 9.94. The second kappa shape index (κ2) is 3.87. The van der Waals surface area contributed by atoms with Crippen LogP contribution >= 0.6 is 22.9 Å². The molecule has 2 rings (SSSR count). The van der Waals surface area contributed by atoms with Gasteiger partial charge >= 0.3 is 0 Å². The summed E-state index contributed by atoms with van der Waals surface area (Å²) in [5.74, 6) is 0.247. The smallest absolute Gasteiger partial charge is 0.182 e. The predicted octanol–water partition coefficient (Wildman–Crippen LogP) is 4.34. The summed E-state index contributed by atoms with van der Waals surface area (Å²) >= 11 is 6.87. The molecule has 0 spiro atoms. The summed E-state index contributed by atoms with van der Waals surface area (Å²) in [6.45, 7) is 2.09. The number of thiophene rings is 1. The van der Waals surface area contributed by atoms with Crippen molar-refractivity contribution >= 4 is 33.0 Å². The molecule has 1 heterocycles. The Labute approximate surface area is 91.3 Å². The Bertz CT molecular complexity index is 462. The molecular weight excluding hydrogens is 219 g/mol. The van der Waals surface area contributed by atoms with Crippen LogP contribution in [0, 0.1) is 5.13 Å². The maximum Gasteiger partial charge on any atom is 0.182 e. The van der Waals surface area contributed by atoms with Crippen molar-refractivity contribution in [2.75, 3.05) is 0 Å². The molecule has 0 amide bonds. The van der Waals surface area contributed by atoms with Gasteiger partial charge in [-0.15, -0.1) is 22.9 Å². The molecule has 1 aromatic heterocycles. The van der Waals surface area contributed by atoms with Crippen LogP contribution in [0.25, 0.3) is 10.1 Å². The standard InChI is InChI=1S/C11H10ClFS/c1-2-7-3-4-8-9(6-12)11(13)14-10(8)5-7/h3-5H,2,6H2,1H3. The predicted molar refractivity (Wildman–Crippen MR) is 60.7 cm³/mol. The highest BCUT2D eigenvalue weighted by molar-refractivity contribution is 7.17. The minimum absolute atomic E-state index is 0.150. The molecule has 14 heavy (non-hydrogen) atoms. The lowest BCUT2D eigenvalue weighted by Gasteiger charge is -1.96. The summed E-state index contributed by atoms with van der Waals surface area (Å²) in [4.78, 5) is 0. The summed E-state index contributed by atoms with van der Waals surface area (Å²) in [7, 11) is 0. The van der Waals surface area contributed by atoms with Crippen molar-refractivity contribution in [1.29, 1.82) is 0 Å². The number of hydrogen-bond acceptors (Lipinski definition) is 1. The third kappa shape index (κ3) is 1.53. The fraction of sp³-hybridized carbons (Fsp3) is 0.273. The van der Waals surface area contributed by atoms with Crippen molar-refractivity contribution in [3.63, 3.8) is 0 Å². The van der Waals surface area contributed by atoms with Gasteiger partial charge in [-0.1, -0.05) is 19.1 Å².